The number of amides is 1. The lowest BCUT2D eigenvalue weighted by atomic mass is 9.80. The molecule has 1 aliphatic rings. The molecule has 1 aliphatic heterocycles. The maximum absolute atomic E-state index is 13.2. The average molecular weight is 337 g/mol. The lowest BCUT2D eigenvalue weighted by molar-refractivity contribution is -0.166. The number of hydrogen-bond acceptors (Lipinski definition) is 4. The normalized spacial score (nSPS) is 23.3. The number of likely N-dealkylation sites (N-methyl/N-ethyl adjacent to an activating group) is 1. The topological polar surface area (TPSA) is 67.8 Å². The molecule has 6 heteroatoms. The van der Waals surface area contributed by atoms with Crippen LogP contribution in [0.2, 0.25) is 0 Å². The lowest BCUT2D eigenvalue weighted by Gasteiger charge is -2.37. The van der Waals surface area contributed by atoms with Crippen LogP contribution in [0, 0.1) is 11.7 Å². The summed E-state index contributed by atoms with van der Waals surface area (Å²) in [4.78, 5) is 12.0. The van der Waals surface area contributed by atoms with Gasteiger partial charge >= 0.3 is 0 Å². The van der Waals surface area contributed by atoms with Gasteiger partial charge in [0, 0.05) is 32.1 Å². The molecular weight excluding hydrogens is 313 g/mol. The molecule has 3 atom stereocenters. The van der Waals surface area contributed by atoms with Gasteiger partial charge in [0.1, 0.15) is 5.82 Å². The fraction of sp³-hybridized carbons (Fsp3) is 0.500. The summed E-state index contributed by atoms with van der Waals surface area (Å²) in [5.74, 6) is -0.668. The molecule has 0 aromatic heterocycles. The van der Waals surface area contributed by atoms with Crippen molar-refractivity contribution in [3.05, 3.63) is 47.5 Å². The van der Waals surface area contributed by atoms with E-state index in [0.717, 1.165) is 5.56 Å². The number of aliphatic hydroxyl groups is 1. The summed E-state index contributed by atoms with van der Waals surface area (Å²) in [6.07, 6.45) is 2.43. The van der Waals surface area contributed by atoms with Crippen LogP contribution in [0.4, 0.5) is 4.39 Å². The number of benzene rings is 1. The van der Waals surface area contributed by atoms with Crippen LogP contribution in [-0.4, -0.2) is 37.6 Å². The van der Waals surface area contributed by atoms with Gasteiger partial charge in [-0.1, -0.05) is 12.1 Å². The average Bonchev–Trinajstić information content (AvgIpc) is 2.60. The predicted octanol–water partition coefficient (Wildman–Crippen LogP) is 2.32. The molecule has 0 bridgehead atoms. The van der Waals surface area contributed by atoms with Crippen molar-refractivity contribution in [3.63, 3.8) is 0 Å². The second-order valence-corrected chi connectivity index (χ2v) is 5.66. The van der Waals surface area contributed by atoms with Gasteiger partial charge in [0.25, 0.3) is 5.91 Å². The molecule has 1 heterocycles. The summed E-state index contributed by atoms with van der Waals surface area (Å²) in [7, 11) is 1.53. The number of carbonyl (C=O) groups excluding carboxylic acids is 1. The first-order chi connectivity index (χ1) is 11.6. The van der Waals surface area contributed by atoms with Gasteiger partial charge in [-0.25, -0.2) is 4.39 Å². The third-order valence-electron chi connectivity index (χ3n) is 4.12. The van der Waals surface area contributed by atoms with E-state index in [4.69, 9.17) is 9.47 Å². The Bertz CT molecular complexity index is 573. The van der Waals surface area contributed by atoms with Crippen molar-refractivity contribution < 1.29 is 23.8 Å². The lowest BCUT2D eigenvalue weighted by Crippen LogP contribution is -2.38. The highest BCUT2D eigenvalue weighted by Gasteiger charge is 2.37. The summed E-state index contributed by atoms with van der Waals surface area (Å²) in [6, 6.07) is 6.21. The predicted molar refractivity (Wildman–Crippen MR) is 87.6 cm³/mol. The van der Waals surface area contributed by atoms with Crippen LogP contribution >= 0.6 is 0 Å². The third kappa shape index (κ3) is 4.33. The van der Waals surface area contributed by atoms with E-state index < -0.39 is 6.29 Å². The molecule has 2 rings (SSSR count). The van der Waals surface area contributed by atoms with Gasteiger partial charge in [-0.05, 0) is 43.5 Å². The molecule has 2 N–H and O–H groups in total. The van der Waals surface area contributed by atoms with Gasteiger partial charge in [-0.2, -0.15) is 0 Å². The Balaban J connectivity index is 2.39. The van der Waals surface area contributed by atoms with Crippen LogP contribution in [0.1, 0.15) is 31.2 Å². The van der Waals surface area contributed by atoms with Gasteiger partial charge in [0.15, 0.2) is 5.76 Å². The summed E-state index contributed by atoms with van der Waals surface area (Å²) < 4.78 is 24.7. The molecule has 0 saturated heterocycles. The summed E-state index contributed by atoms with van der Waals surface area (Å²) in [5, 5.41) is 11.7. The van der Waals surface area contributed by atoms with Crippen LogP contribution < -0.4 is 5.32 Å². The van der Waals surface area contributed by atoms with Crippen LogP contribution in [0.3, 0.4) is 0 Å². The Morgan fingerprint density at radius 3 is 2.67 bits per heavy atom. The van der Waals surface area contributed by atoms with E-state index in [1.807, 2.05) is 6.92 Å². The summed E-state index contributed by atoms with van der Waals surface area (Å²) in [5.41, 5.74) is 0.883. The molecule has 24 heavy (non-hydrogen) atoms. The molecule has 0 unspecified atom stereocenters. The molecule has 0 spiro atoms. The molecule has 0 fully saturated rings. The van der Waals surface area contributed by atoms with Crippen molar-refractivity contribution >= 4 is 5.91 Å². The zero-order chi connectivity index (χ0) is 17.5. The van der Waals surface area contributed by atoms with E-state index >= 15 is 0 Å². The third-order valence-corrected chi connectivity index (χ3v) is 4.12. The molecule has 5 nitrogen and oxygen atoms in total. The SMILES string of the molecule is CCO[C@H]1OC(C(=O)NC)=C[C@@H](c2ccc(F)cc2)[C@@H]1CCCO. The number of ether oxygens (including phenoxy) is 2. The molecule has 0 aliphatic carbocycles. The Kier molecular flexibility index (Phi) is 6.75. The number of rotatable bonds is 7. The van der Waals surface area contributed by atoms with Crippen molar-refractivity contribution in [1.29, 1.82) is 0 Å². The van der Waals surface area contributed by atoms with Crippen molar-refractivity contribution in [2.45, 2.75) is 32.0 Å². The first-order valence-electron chi connectivity index (χ1n) is 8.19. The number of hydrogen-bond donors (Lipinski definition) is 2. The van der Waals surface area contributed by atoms with Crippen molar-refractivity contribution in [1.82, 2.24) is 5.32 Å². The van der Waals surface area contributed by atoms with Gasteiger partial charge in [-0.15, -0.1) is 0 Å². The molecule has 1 amide bonds. The maximum atomic E-state index is 13.2. The van der Waals surface area contributed by atoms with E-state index in [1.165, 1.54) is 19.2 Å². The highest BCUT2D eigenvalue weighted by atomic mass is 19.1. The minimum Gasteiger partial charge on any atom is -0.459 e. The number of halogens is 1. The van der Waals surface area contributed by atoms with Gasteiger partial charge in [-0.3, -0.25) is 4.79 Å². The van der Waals surface area contributed by atoms with Crippen molar-refractivity contribution in [2.24, 2.45) is 5.92 Å². The van der Waals surface area contributed by atoms with Crippen molar-refractivity contribution in [3.8, 4) is 0 Å². The number of nitrogens with one attached hydrogen (secondary N) is 1. The molecule has 0 radical (unpaired) electrons. The Hall–Kier alpha value is -1.92. The van der Waals surface area contributed by atoms with Gasteiger partial charge in [0.2, 0.25) is 6.29 Å². The molecule has 1 aromatic rings. The standard InChI is InChI=1S/C18H24FNO4/c1-3-23-18-14(5-4-10-21)15(11-16(24-18)17(22)20-2)12-6-8-13(19)9-7-12/h6-9,11,14-15,18,21H,3-5,10H2,1-2H3,(H,20,22)/t14-,15-,18-/m0/s1. The van der Waals surface area contributed by atoms with E-state index in [2.05, 4.69) is 5.32 Å². The number of allylic oxidation sites excluding steroid dienone is 1. The Labute approximate surface area is 141 Å². The molecule has 132 valence electrons. The molecular formula is C18H24FNO4. The summed E-state index contributed by atoms with van der Waals surface area (Å²) >= 11 is 0. The zero-order valence-electron chi connectivity index (χ0n) is 14.0. The second kappa shape index (κ2) is 8.80. The Morgan fingerprint density at radius 1 is 1.38 bits per heavy atom. The highest BCUT2D eigenvalue weighted by Crippen LogP contribution is 2.39. The fourth-order valence-electron chi connectivity index (χ4n) is 2.95. The van der Waals surface area contributed by atoms with Gasteiger partial charge in [0.05, 0.1) is 0 Å². The van der Waals surface area contributed by atoms with E-state index in [-0.39, 0.29) is 35.9 Å². The molecule has 1 aromatic carbocycles. The first-order valence-corrected chi connectivity index (χ1v) is 8.19. The fourth-order valence-corrected chi connectivity index (χ4v) is 2.95. The first kappa shape index (κ1) is 18.4. The quantitative estimate of drug-likeness (QED) is 0.801. The van der Waals surface area contributed by atoms with E-state index in [9.17, 15) is 14.3 Å². The number of carbonyl (C=O) groups is 1. The minimum atomic E-state index is -0.589. The van der Waals surface area contributed by atoms with Crippen LogP contribution in [0.15, 0.2) is 36.1 Å². The highest BCUT2D eigenvalue weighted by molar-refractivity contribution is 5.91. The monoisotopic (exact) mass is 337 g/mol. The van der Waals surface area contributed by atoms with Crippen molar-refractivity contribution in [2.75, 3.05) is 20.3 Å². The smallest absolute Gasteiger partial charge is 0.285 e. The Morgan fingerprint density at radius 2 is 2.08 bits per heavy atom. The van der Waals surface area contributed by atoms with E-state index in [1.54, 1.807) is 18.2 Å². The molecule has 0 saturated carbocycles. The van der Waals surface area contributed by atoms with Crippen LogP contribution in [-0.2, 0) is 14.3 Å². The number of aliphatic hydroxyl groups excluding tert-OH is 1. The second-order valence-electron chi connectivity index (χ2n) is 5.66. The van der Waals surface area contributed by atoms with Crippen LogP contribution in [0.5, 0.6) is 0 Å². The van der Waals surface area contributed by atoms with E-state index in [0.29, 0.717) is 19.4 Å². The maximum Gasteiger partial charge on any atom is 0.285 e. The zero-order valence-corrected chi connectivity index (χ0v) is 14.0. The van der Waals surface area contributed by atoms with Crippen LogP contribution in [0.25, 0.3) is 0 Å². The van der Waals surface area contributed by atoms with Gasteiger partial charge < -0.3 is 19.9 Å². The summed E-state index contributed by atoms with van der Waals surface area (Å²) in [6.45, 7) is 2.37. The minimum absolute atomic E-state index is 0.0670. The largest absolute Gasteiger partial charge is 0.459 e.